The molecule has 9 heteroatoms. The Morgan fingerprint density at radius 3 is 2.77 bits per heavy atom. The van der Waals surface area contributed by atoms with Gasteiger partial charge in [0.1, 0.15) is 23.0 Å². The van der Waals surface area contributed by atoms with Gasteiger partial charge in [-0.2, -0.15) is 5.10 Å². The van der Waals surface area contributed by atoms with Gasteiger partial charge in [-0.3, -0.25) is 10.4 Å². The Hall–Kier alpha value is -2.97. The van der Waals surface area contributed by atoms with E-state index in [0.29, 0.717) is 6.07 Å². The number of nitrogens with one attached hydrogen (secondary N) is 3. The topological polar surface area (TPSA) is 96.1 Å². The van der Waals surface area contributed by atoms with E-state index >= 15 is 0 Å². The van der Waals surface area contributed by atoms with Gasteiger partial charge >= 0.3 is 12.0 Å². The molecule has 0 aliphatic carbocycles. The van der Waals surface area contributed by atoms with Gasteiger partial charge in [-0.05, 0) is 19.1 Å². The Morgan fingerprint density at radius 2 is 2.09 bits per heavy atom. The minimum absolute atomic E-state index is 0.00142. The average Bonchev–Trinajstić information content (AvgIpc) is 2.90. The van der Waals surface area contributed by atoms with Crippen LogP contribution in [0.5, 0.6) is 0 Å². The number of esters is 1. The molecule has 0 radical (unpaired) electrons. The summed E-state index contributed by atoms with van der Waals surface area (Å²) in [6.45, 7) is 1.80. The first-order chi connectivity index (χ1) is 10.5. The second-order valence-corrected chi connectivity index (χ2v) is 4.08. The molecule has 1 aromatic carbocycles. The van der Waals surface area contributed by atoms with Crippen molar-refractivity contribution in [2.24, 2.45) is 0 Å². The molecule has 7 nitrogen and oxygen atoms in total. The zero-order chi connectivity index (χ0) is 16.1. The molecule has 0 aliphatic rings. The highest BCUT2D eigenvalue weighted by Crippen LogP contribution is 2.16. The number of H-pyrrole nitrogens is 1. The highest BCUT2D eigenvalue weighted by atomic mass is 19.1. The second kappa shape index (κ2) is 6.66. The number of urea groups is 1. The molecule has 1 heterocycles. The fourth-order valence-corrected chi connectivity index (χ4v) is 1.60. The monoisotopic (exact) mass is 310 g/mol. The summed E-state index contributed by atoms with van der Waals surface area (Å²) in [6, 6.07) is 1.87. The third-order valence-corrected chi connectivity index (χ3v) is 2.55. The van der Waals surface area contributed by atoms with Crippen LogP contribution in [0.1, 0.15) is 17.3 Å². The van der Waals surface area contributed by atoms with Crippen molar-refractivity contribution in [1.29, 1.82) is 0 Å². The average molecular weight is 310 g/mol. The predicted molar refractivity (Wildman–Crippen MR) is 73.5 cm³/mol. The number of benzene rings is 1. The van der Waals surface area contributed by atoms with Crippen molar-refractivity contribution in [3.05, 3.63) is 41.6 Å². The van der Waals surface area contributed by atoms with Gasteiger partial charge < -0.3 is 10.1 Å². The number of rotatable bonds is 4. The SMILES string of the molecule is CCOC(=O)c1cn[nH]c1NC(=O)Nc1ccc(F)cc1F. The Morgan fingerprint density at radius 1 is 1.32 bits per heavy atom. The third-order valence-electron chi connectivity index (χ3n) is 2.55. The van der Waals surface area contributed by atoms with Gasteiger partial charge in [0, 0.05) is 6.07 Å². The Labute approximate surface area is 123 Å². The number of ether oxygens (including phenoxy) is 1. The molecule has 116 valence electrons. The molecule has 0 aliphatic heterocycles. The van der Waals surface area contributed by atoms with Gasteiger partial charge in [0.2, 0.25) is 0 Å². The lowest BCUT2D eigenvalue weighted by Crippen LogP contribution is -2.22. The fraction of sp³-hybridized carbons (Fsp3) is 0.154. The first kappa shape index (κ1) is 15.4. The van der Waals surface area contributed by atoms with E-state index in [2.05, 4.69) is 20.8 Å². The van der Waals surface area contributed by atoms with Crippen LogP contribution in [0.4, 0.5) is 25.1 Å². The standard InChI is InChI=1S/C13H12F2N4O3/c1-2-22-12(20)8-6-16-19-11(8)18-13(21)17-10-4-3-7(14)5-9(10)15/h3-6H,2H2,1H3,(H3,16,17,18,19,21). The number of carbonyl (C=O) groups excluding carboxylic acids is 2. The number of halogens is 2. The van der Waals surface area contributed by atoms with Crippen molar-refractivity contribution in [1.82, 2.24) is 10.2 Å². The van der Waals surface area contributed by atoms with E-state index in [1.165, 1.54) is 6.20 Å². The third kappa shape index (κ3) is 3.57. The molecule has 0 saturated heterocycles. The number of aromatic nitrogens is 2. The van der Waals surface area contributed by atoms with Gasteiger partial charge in [-0.1, -0.05) is 0 Å². The molecule has 2 aromatic rings. The van der Waals surface area contributed by atoms with Crippen LogP contribution in [0.15, 0.2) is 24.4 Å². The van der Waals surface area contributed by atoms with Crippen molar-refractivity contribution in [2.45, 2.75) is 6.92 Å². The molecule has 0 atom stereocenters. The number of nitrogens with zero attached hydrogens (tertiary/aromatic N) is 1. The lowest BCUT2D eigenvalue weighted by Gasteiger charge is -2.08. The lowest BCUT2D eigenvalue weighted by atomic mass is 10.3. The van der Waals surface area contributed by atoms with E-state index in [0.717, 1.165) is 12.1 Å². The molecule has 0 bridgehead atoms. The number of anilines is 2. The minimum atomic E-state index is -0.926. The fourth-order valence-electron chi connectivity index (χ4n) is 1.60. The normalized spacial score (nSPS) is 10.1. The number of amides is 2. The molecular formula is C13H12F2N4O3. The van der Waals surface area contributed by atoms with E-state index in [1.807, 2.05) is 0 Å². The quantitative estimate of drug-likeness (QED) is 0.756. The summed E-state index contributed by atoms with van der Waals surface area (Å²) < 4.78 is 31.0. The van der Waals surface area contributed by atoms with E-state index in [4.69, 9.17) is 4.74 Å². The maximum Gasteiger partial charge on any atom is 0.343 e. The first-order valence-corrected chi connectivity index (χ1v) is 6.24. The van der Waals surface area contributed by atoms with Crippen LogP contribution in [0.3, 0.4) is 0 Å². The van der Waals surface area contributed by atoms with Crippen LogP contribution in [0, 0.1) is 11.6 Å². The number of carbonyl (C=O) groups is 2. The van der Waals surface area contributed by atoms with E-state index < -0.39 is 23.6 Å². The van der Waals surface area contributed by atoms with Gasteiger partial charge in [-0.15, -0.1) is 0 Å². The van der Waals surface area contributed by atoms with E-state index in [1.54, 1.807) is 6.92 Å². The molecule has 0 unspecified atom stereocenters. The van der Waals surface area contributed by atoms with Gasteiger partial charge in [0.25, 0.3) is 0 Å². The van der Waals surface area contributed by atoms with Crippen molar-refractivity contribution in [3.63, 3.8) is 0 Å². The molecule has 2 rings (SSSR count). The molecule has 22 heavy (non-hydrogen) atoms. The Balaban J connectivity index is 2.06. The lowest BCUT2D eigenvalue weighted by molar-refractivity contribution is 0.0527. The summed E-state index contributed by atoms with van der Waals surface area (Å²) in [7, 11) is 0. The molecule has 0 spiro atoms. The summed E-state index contributed by atoms with van der Waals surface area (Å²) in [4.78, 5) is 23.4. The largest absolute Gasteiger partial charge is 0.462 e. The smallest absolute Gasteiger partial charge is 0.343 e. The van der Waals surface area contributed by atoms with Crippen LogP contribution >= 0.6 is 0 Å². The maximum atomic E-state index is 13.4. The van der Waals surface area contributed by atoms with Crippen LogP contribution in [0.25, 0.3) is 0 Å². The van der Waals surface area contributed by atoms with Crippen LogP contribution in [0.2, 0.25) is 0 Å². The molecule has 3 N–H and O–H groups in total. The summed E-state index contributed by atoms with van der Waals surface area (Å²) in [5, 5.41) is 10.5. The molecule has 1 aromatic heterocycles. The van der Waals surface area contributed by atoms with E-state index in [-0.39, 0.29) is 23.7 Å². The van der Waals surface area contributed by atoms with Crippen molar-refractivity contribution < 1.29 is 23.1 Å². The molecular weight excluding hydrogens is 298 g/mol. The minimum Gasteiger partial charge on any atom is -0.462 e. The van der Waals surface area contributed by atoms with Crippen molar-refractivity contribution >= 4 is 23.5 Å². The van der Waals surface area contributed by atoms with Crippen molar-refractivity contribution in [2.75, 3.05) is 17.2 Å². The summed E-state index contributed by atoms with van der Waals surface area (Å²) in [6.07, 6.45) is 1.19. The highest BCUT2D eigenvalue weighted by Gasteiger charge is 2.17. The highest BCUT2D eigenvalue weighted by molar-refractivity contribution is 6.04. The van der Waals surface area contributed by atoms with Crippen LogP contribution < -0.4 is 10.6 Å². The van der Waals surface area contributed by atoms with Gasteiger partial charge in [0.15, 0.2) is 0 Å². The molecule has 0 fully saturated rings. The summed E-state index contributed by atoms with van der Waals surface area (Å²) >= 11 is 0. The second-order valence-electron chi connectivity index (χ2n) is 4.08. The van der Waals surface area contributed by atoms with Gasteiger partial charge in [0.05, 0.1) is 18.5 Å². The van der Waals surface area contributed by atoms with Crippen molar-refractivity contribution in [3.8, 4) is 0 Å². The summed E-state index contributed by atoms with van der Waals surface area (Å²) in [5.41, 5.74) is -0.187. The Kier molecular flexibility index (Phi) is 4.66. The van der Waals surface area contributed by atoms with Crippen LogP contribution in [-0.4, -0.2) is 28.8 Å². The number of hydrogen-bond acceptors (Lipinski definition) is 4. The zero-order valence-corrected chi connectivity index (χ0v) is 11.4. The number of aromatic amines is 1. The zero-order valence-electron chi connectivity index (χ0n) is 11.4. The maximum absolute atomic E-state index is 13.4. The molecule has 0 saturated carbocycles. The summed E-state index contributed by atoms with van der Waals surface area (Å²) in [5.74, 6) is -2.36. The predicted octanol–water partition coefficient (Wildman–Crippen LogP) is 2.51. The first-order valence-electron chi connectivity index (χ1n) is 6.24. The Bertz CT molecular complexity index is 702. The van der Waals surface area contributed by atoms with Crippen LogP contribution in [-0.2, 0) is 4.74 Å². The van der Waals surface area contributed by atoms with Gasteiger partial charge in [-0.25, -0.2) is 18.4 Å². The number of hydrogen-bond donors (Lipinski definition) is 3. The molecule has 2 amide bonds. The van der Waals surface area contributed by atoms with E-state index in [9.17, 15) is 18.4 Å².